The zero-order chi connectivity index (χ0) is 25.8. The number of nitrogens with zero attached hydrogens (tertiary/aromatic N) is 5. The summed E-state index contributed by atoms with van der Waals surface area (Å²) in [7, 11) is 3.41. The van der Waals surface area contributed by atoms with Crippen LogP contribution in [0.1, 0.15) is 36.5 Å². The number of anilines is 4. The molecule has 3 heterocycles. The van der Waals surface area contributed by atoms with Gasteiger partial charge in [0.1, 0.15) is 23.7 Å². The third kappa shape index (κ3) is 5.53. The van der Waals surface area contributed by atoms with Crippen LogP contribution in [0.15, 0.2) is 55.1 Å². The monoisotopic (exact) mass is 499 g/mol. The zero-order valence-electron chi connectivity index (χ0n) is 21.1. The van der Waals surface area contributed by atoms with Crippen molar-refractivity contribution in [1.82, 2.24) is 24.7 Å². The normalized spacial score (nSPS) is 12.7. The van der Waals surface area contributed by atoms with Gasteiger partial charge in [0.05, 0.1) is 42.4 Å². The van der Waals surface area contributed by atoms with Crippen LogP contribution in [0, 0.1) is 5.92 Å². The Morgan fingerprint density at radius 2 is 1.89 bits per heavy atom. The summed E-state index contributed by atoms with van der Waals surface area (Å²) in [6.45, 7) is 2.70. The van der Waals surface area contributed by atoms with Crippen LogP contribution in [-0.4, -0.2) is 44.2 Å². The number of aryl methyl sites for hydroxylation is 1. The predicted molar refractivity (Wildman–Crippen MR) is 141 cm³/mol. The first kappa shape index (κ1) is 24.2. The van der Waals surface area contributed by atoms with Gasteiger partial charge in [0.25, 0.3) is 0 Å². The molecule has 1 saturated carbocycles. The molecule has 0 atom stereocenters. The number of carbonyl (C=O) groups excluding carboxylic acids is 1. The van der Waals surface area contributed by atoms with Crippen LogP contribution in [0.3, 0.4) is 0 Å². The van der Waals surface area contributed by atoms with Crippen LogP contribution in [0.2, 0.25) is 0 Å². The van der Waals surface area contributed by atoms with Crippen molar-refractivity contribution in [2.24, 2.45) is 13.0 Å². The molecular formula is C27H29N7O3. The maximum Gasteiger partial charge on any atom is 0.184 e. The molecule has 1 aromatic carbocycles. The fourth-order valence-corrected chi connectivity index (χ4v) is 3.92. The van der Waals surface area contributed by atoms with E-state index in [2.05, 4.69) is 37.6 Å². The molecule has 0 radical (unpaired) electrons. The first-order valence-corrected chi connectivity index (χ1v) is 12.3. The van der Waals surface area contributed by atoms with Crippen molar-refractivity contribution in [3.63, 3.8) is 0 Å². The first-order valence-electron chi connectivity index (χ1n) is 12.3. The van der Waals surface area contributed by atoms with Gasteiger partial charge >= 0.3 is 0 Å². The van der Waals surface area contributed by atoms with Gasteiger partial charge in [-0.25, -0.2) is 15.0 Å². The molecule has 1 aliphatic rings. The van der Waals surface area contributed by atoms with Gasteiger partial charge in [-0.15, -0.1) is 0 Å². The summed E-state index contributed by atoms with van der Waals surface area (Å²) in [5.74, 6) is 3.13. The van der Waals surface area contributed by atoms with Crippen LogP contribution in [-0.2, 0) is 7.05 Å². The number of benzene rings is 1. The number of aromatic nitrogens is 5. The van der Waals surface area contributed by atoms with Gasteiger partial charge in [-0.2, -0.15) is 5.10 Å². The molecule has 0 aliphatic heterocycles. The summed E-state index contributed by atoms with van der Waals surface area (Å²) in [6, 6.07) is 11.2. The predicted octanol–water partition coefficient (Wildman–Crippen LogP) is 5.15. The number of hydrogen-bond donors (Lipinski definition) is 2. The first-order chi connectivity index (χ1) is 18.1. The van der Waals surface area contributed by atoms with E-state index >= 15 is 0 Å². The highest BCUT2D eigenvalue weighted by atomic mass is 16.5. The van der Waals surface area contributed by atoms with Gasteiger partial charge in [-0.3, -0.25) is 9.48 Å². The van der Waals surface area contributed by atoms with E-state index in [-0.39, 0.29) is 11.7 Å². The van der Waals surface area contributed by atoms with E-state index in [4.69, 9.17) is 9.47 Å². The lowest BCUT2D eigenvalue weighted by Gasteiger charge is -2.17. The minimum atomic E-state index is 0.0458. The van der Waals surface area contributed by atoms with Crippen molar-refractivity contribution in [3.05, 3.63) is 60.7 Å². The Balaban J connectivity index is 1.46. The Hall–Kier alpha value is -4.47. The summed E-state index contributed by atoms with van der Waals surface area (Å²) >= 11 is 0. The molecule has 10 nitrogen and oxygen atoms in total. The Morgan fingerprint density at radius 3 is 2.57 bits per heavy atom. The minimum absolute atomic E-state index is 0.0458. The molecule has 1 fully saturated rings. The lowest BCUT2D eigenvalue weighted by molar-refractivity contribution is 0.0968. The second kappa shape index (κ2) is 10.7. The highest BCUT2D eigenvalue weighted by Gasteiger charge is 2.32. The molecule has 0 saturated heterocycles. The fourth-order valence-electron chi connectivity index (χ4n) is 3.92. The Morgan fingerprint density at radius 1 is 1.05 bits per heavy atom. The van der Waals surface area contributed by atoms with Gasteiger partial charge in [-0.1, -0.05) is 13.0 Å². The smallest absolute Gasteiger partial charge is 0.184 e. The van der Waals surface area contributed by atoms with Crippen LogP contribution < -0.4 is 20.1 Å². The number of methoxy groups -OCH3 is 1. The van der Waals surface area contributed by atoms with Crippen LogP contribution in [0.4, 0.5) is 23.0 Å². The van der Waals surface area contributed by atoms with Crippen LogP contribution >= 0.6 is 0 Å². The van der Waals surface area contributed by atoms with E-state index in [1.165, 1.54) is 0 Å². The molecule has 3 aromatic heterocycles. The third-order valence-electron chi connectivity index (χ3n) is 5.91. The average Bonchev–Trinajstić information content (AvgIpc) is 3.68. The number of nitrogens with one attached hydrogen (secondary N) is 2. The van der Waals surface area contributed by atoms with Gasteiger partial charge < -0.3 is 20.1 Å². The third-order valence-corrected chi connectivity index (χ3v) is 5.91. The largest absolute Gasteiger partial charge is 0.494 e. The minimum Gasteiger partial charge on any atom is -0.494 e. The molecule has 0 amide bonds. The van der Waals surface area contributed by atoms with E-state index in [1.807, 2.05) is 43.4 Å². The van der Waals surface area contributed by atoms with Crippen molar-refractivity contribution in [3.8, 4) is 22.9 Å². The SMILES string of the molecule is CCCOc1ccc(Nc2cc(Nc3cccc(-c4ncn(C)n4)c3OC)c(C(=O)C3CC3)cn2)nc1. The number of carbonyl (C=O) groups is 1. The molecule has 10 heteroatoms. The van der Waals surface area contributed by atoms with E-state index in [0.29, 0.717) is 52.5 Å². The second-order valence-electron chi connectivity index (χ2n) is 8.86. The molecular weight excluding hydrogens is 470 g/mol. The second-order valence-corrected chi connectivity index (χ2v) is 8.86. The number of para-hydroxylation sites is 1. The number of hydrogen-bond acceptors (Lipinski definition) is 9. The maximum absolute atomic E-state index is 13.1. The summed E-state index contributed by atoms with van der Waals surface area (Å²) < 4.78 is 13.0. The topological polar surface area (TPSA) is 116 Å². The summed E-state index contributed by atoms with van der Waals surface area (Å²) in [6.07, 6.45) is 7.65. The number of ketones is 1. The number of pyridine rings is 2. The van der Waals surface area contributed by atoms with Gasteiger partial charge in [0, 0.05) is 25.2 Å². The van der Waals surface area contributed by atoms with E-state index in [1.54, 1.807) is 30.5 Å². The highest BCUT2D eigenvalue weighted by molar-refractivity contribution is 6.04. The number of rotatable bonds is 11. The van der Waals surface area contributed by atoms with Gasteiger partial charge in [-0.05, 0) is 43.5 Å². The molecule has 4 aromatic rings. The molecule has 2 N–H and O–H groups in total. The van der Waals surface area contributed by atoms with Crippen molar-refractivity contribution in [1.29, 1.82) is 0 Å². The van der Waals surface area contributed by atoms with Gasteiger partial charge in [0.15, 0.2) is 17.4 Å². The summed E-state index contributed by atoms with van der Waals surface area (Å²) in [5.41, 5.74) is 2.59. The van der Waals surface area contributed by atoms with E-state index < -0.39 is 0 Å². The molecule has 1 aliphatic carbocycles. The number of ether oxygens (including phenoxy) is 2. The Labute approximate surface area is 215 Å². The Kier molecular flexibility index (Phi) is 6.98. The molecule has 0 bridgehead atoms. The van der Waals surface area contributed by atoms with Crippen LogP contribution in [0.5, 0.6) is 11.5 Å². The van der Waals surface area contributed by atoms with Crippen molar-refractivity contribution < 1.29 is 14.3 Å². The summed E-state index contributed by atoms with van der Waals surface area (Å²) in [4.78, 5) is 26.3. The Bertz CT molecular complexity index is 1400. The van der Waals surface area contributed by atoms with Crippen molar-refractivity contribution in [2.45, 2.75) is 26.2 Å². The van der Waals surface area contributed by atoms with E-state index in [9.17, 15) is 4.79 Å². The molecule has 0 spiro atoms. The van der Waals surface area contributed by atoms with Crippen molar-refractivity contribution in [2.75, 3.05) is 24.4 Å². The quantitative estimate of drug-likeness (QED) is 0.270. The number of Topliss-reactive ketones (excluding diaryl/α,β-unsaturated/α-hetero) is 1. The lowest BCUT2D eigenvalue weighted by atomic mass is 10.1. The molecule has 5 rings (SSSR count). The molecule has 37 heavy (non-hydrogen) atoms. The fraction of sp³-hybridized carbons (Fsp3) is 0.296. The zero-order valence-corrected chi connectivity index (χ0v) is 21.1. The maximum atomic E-state index is 13.1. The summed E-state index contributed by atoms with van der Waals surface area (Å²) in [5, 5.41) is 11.0. The average molecular weight is 500 g/mol. The standard InChI is InChI=1S/C27H29N7O3/c1-4-12-37-18-10-11-23(28-14-18)32-24-13-22(20(15-29-24)25(35)17-8-9-17)31-21-7-5-6-19(26(21)36-3)27-30-16-34(2)33-27/h5-7,10-11,13-17H,4,8-9,12H2,1-3H3,(H2,28,29,31,32). The van der Waals surface area contributed by atoms with E-state index in [0.717, 1.165) is 24.8 Å². The van der Waals surface area contributed by atoms with Crippen molar-refractivity contribution >= 4 is 28.8 Å². The highest BCUT2D eigenvalue weighted by Crippen LogP contribution is 2.39. The molecule has 190 valence electrons. The molecule has 0 unspecified atom stereocenters. The van der Waals surface area contributed by atoms with Crippen LogP contribution in [0.25, 0.3) is 11.4 Å². The van der Waals surface area contributed by atoms with Gasteiger partial charge in [0.2, 0.25) is 0 Å². The lowest BCUT2D eigenvalue weighted by Crippen LogP contribution is -2.09.